The fourth-order valence-corrected chi connectivity index (χ4v) is 5.81. The first kappa shape index (κ1) is 32.6. The molecule has 2 fully saturated rings. The molecule has 4 aromatic rings. The van der Waals surface area contributed by atoms with Crippen LogP contribution in [0, 0.1) is 12.7 Å². The highest BCUT2D eigenvalue weighted by Crippen LogP contribution is 2.46. The third-order valence-corrected chi connectivity index (χ3v) is 7.98. The number of anilines is 1. The molecule has 11 nitrogen and oxygen atoms in total. The molecule has 0 bridgehead atoms. The minimum atomic E-state index is -3.92. The minimum Gasteiger partial charge on any atom is -0.748 e. The number of ether oxygens (including phenoxy) is 1. The number of aromatic nitrogens is 2. The zero-order valence-electron chi connectivity index (χ0n) is 24.0. The van der Waals surface area contributed by atoms with Crippen LogP contribution in [0.3, 0.4) is 0 Å². The van der Waals surface area contributed by atoms with Crippen molar-refractivity contribution in [2.45, 2.75) is 37.9 Å². The number of carboxylic acids is 1. The fourth-order valence-electron chi connectivity index (χ4n) is 5.12. The number of aromatic carboxylic acids is 1. The molecular weight excluding hydrogens is 652 g/mol. The van der Waals surface area contributed by atoms with Gasteiger partial charge in [0.15, 0.2) is 5.60 Å². The van der Waals surface area contributed by atoms with Gasteiger partial charge in [0.25, 0.3) is 5.82 Å². The van der Waals surface area contributed by atoms with E-state index in [9.17, 15) is 14.3 Å². The molecule has 0 spiro atoms. The largest absolute Gasteiger partial charge is 0.748 e. The molecule has 0 unspecified atom stereocenters. The summed E-state index contributed by atoms with van der Waals surface area (Å²) in [6.07, 6.45) is 4.01. The monoisotopic (exact) mass is 679 g/mol. The van der Waals surface area contributed by atoms with Crippen LogP contribution in [-0.4, -0.2) is 53.7 Å². The van der Waals surface area contributed by atoms with Crippen LogP contribution in [0.5, 0.6) is 5.75 Å². The number of benzene rings is 2. The van der Waals surface area contributed by atoms with E-state index in [4.69, 9.17) is 50.5 Å². The van der Waals surface area contributed by atoms with Gasteiger partial charge in [-0.2, -0.15) is 0 Å². The Kier molecular flexibility index (Phi) is 9.11. The average Bonchev–Trinajstić information content (AvgIpc) is 3.69. The number of nitrogens with one attached hydrogen (secondary N) is 1. The van der Waals surface area contributed by atoms with Gasteiger partial charge in [0.2, 0.25) is 0 Å². The lowest BCUT2D eigenvalue weighted by molar-refractivity contribution is -0.366. The van der Waals surface area contributed by atoms with E-state index in [-0.39, 0.29) is 36.2 Å². The highest BCUT2D eigenvalue weighted by atomic mass is 35.5. The molecule has 1 saturated carbocycles. The number of halogens is 3. The normalized spacial score (nSPS) is 15.6. The number of hydrogen-bond donors (Lipinski definition) is 2. The summed E-state index contributed by atoms with van der Waals surface area (Å²) in [5.41, 5.74) is 2.09. The summed E-state index contributed by atoms with van der Waals surface area (Å²) >= 11 is 13.0. The molecule has 45 heavy (non-hydrogen) atoms. The Balaban J connectivity index is 0.000000743. The first-order chi connectivity index (χ1) is 21.1. The van der Waals surface area contributed by atoms with E-state index in [1.165, 1.54) is 24.4 Å². The van der Waals surface area contributed by atoms with Gasteiger partial charge in [-0.25, -0.2) is 22.6 Å². The predicted octanol–water partition coefficient (Wildman–Crippen LogP) is 4.93. The van der Waals surface area contributed by atoms with Gasteiger partial charge in [-0.1, -0.05) is 34.4 Å². The Hall–Kier alpha value is -3.75. The molecule has 0 amide bonds. The molecule has 0 radical (unpaired) electrons. The van der Waals surface area contributed by atoms with Crippen LogP contribution in [0.4, 0.5) is 10.2 Å². The predicted molar refractivity (Wildman–Crippen MR) is 161 cm³/mol. The van der Waals surface area contributed by atoms with E-state index in [1.54, 1.807) is 31.2 Å². The van der Waals surface area contributed by atoms with Crippen molar-refractivity contribution in [1.82, 2.24) is 5.16 Å². The van der Waals surface area contributed by atoms with Crippen molar-refractivity contribution in [3.05, 3.63) is 92.5 Å². The number of H-pyrrole nitrogens is 1. The second-order valence-corrected chi connectivity index (χ2v) is 13.2. The van der Waals surface area contributed by atoms with Crippen molar-refractivity contribution in [2.24, 2.45) is 0 Å². The first-order valence-corrected chi connectivity index (χ1v) is 16.2. The number of carboxylic acid groups (broad SMARTS) is 1. The smallest absolute Gasteiger partial charge is 0.339 e. The molecule has 2 aromatic heterocycles. The Morgan fingerprint density at radius 2 is 1.89 bits per heavy atom. The van der Waals surface area contributed by atoms with E-state index in [1.807, 2.05) is 4.90 Å². The number of rotatable bonds is 8. The van der Waals surface area contributed by atoms with Crippen molar-refractivity contribution in [1.29, 1.82) is 0 Å². The quantitative estimate of drug-likeness (QED) is 0.244. The maximum Gasteiger partial charge on any atom is 0.339 e. The van der Waals surface area contributed by atoms with Gasteiger partial charge in [0, 0.05) is 29.4 Å². The third kappa shape index (κ3) is 7.56. The molecular formula is C30H28Cl2FN3O8S. The SMILES string of the molecule is CS(=O)(=O)[O-].Cc1cc(F)cc(Cl)c1-c1noc(C2CC2)c1COc1ccc(C2(O)CN(c3ccc(C(=O)O)c[nH+]3)C2)c(Cl)c1. The summed E-state index contributed by atoms with van der Waals surface area (Å²) in [6, 6.07) is 11.0. The van der Waals surface area contributed by atoms with Gasteiger partial charge in [-0.15, -0.1) is 0 Å². The second kappa shape index (κ2) is 12.6. The topological polar surface area (TPSA) is 167 Å². The minimum absolute atomic E-state index is 0.147. The maximum atomic E-state index is 13.9. The van der Waals surface area contributed by atoms with Gasteiger partial charge in [0.05, 0.1) is 31.3 Å². The highest BCUT2D eigenvalue weighted by Gasteiger charge is 2.50. The average molecular weight is 681 g/mol. The zero-order valence-corrected chi connectivity index (χ0v) is 26.3. The van der Waals surface area contributed by atoms with E-state index in [2.05, 4.69) is 10.1 Å². The molecule has 1 aliphatic heterocycles. The number of hydrogen-bond acceptors (Lipinski definition) is 9. The fraction of sp³-hybridized carbons (Fsp3) is 0.300. The van der Waals surface area contributed by atoms with Gasteiger partial charge in [-0.3, -0.25) is 4.90 Å². The highest BCUT2D eigenvalue weighted by molar-refractivity contribution is 7.84. The van der Waals surface area contributed by atoms with Gasteiger partial charge in [-0.05, 0) is 55.7 Å². The van der Waals surface area contributed by atoms with Crippen LogP contribution in [0.2, 0.25) is 10.0 Å². The summed E-state index contributed by atoms with van der Waals surface area (Å²) in [4.78, 5) is 15.9. The molecule has 1 saturated heterocycles. The number of pyridine rings is 1. The first-order valence-electron chi connectivity index (χ1n) is 13.6. The van der Waals surface area contributed by atoms with E-state index in [0.717, 1.165) is 24.2 Å². The van der Waals surface area contributed by atoms with Crippen molar-refractivity contribution in [2.75, 3.05) is 24.2 Å². The molecule has 1 aliphatic carbocycles. The lowest BCUT2D eigenvalue weighted by atomic mass is 9.86. The van der Waals surface area contributed by atoms with Crippen LogP contribution in [0.1, 0.15) is 51.6 Å². The Morgan fingerprint density at radius 3 is 2.44 bits per heavy atom. The van der Waals surface area contributed by atoms with Crippen LogP contribution < -0.4 is 14.6 Å². The molecule has 238 valence electrons. The van der Waals surface area contributed by atoms with E-state index < -0.39 is 27.5 Å². The summed E-state index contributed by atoms with van der Waals surface area (Å²) in [6.45, 7) is 2.48. The van der Waals surface area contributed by atoms with Gasteiger partial charge in [0.1, 0.15) is 48.9 Å². The Bertz CT molecular complexity index is 1830. The standard InChI is InChI=1S/C29H24Cl2FN3O5.CH4O3S/c1-15-8-18(32)9-23(31)25(15)26-20(27(40-34-26)16-2-3-16)12-39-19-5-6-21(22(30)10-19)29(38)13-35(14-29)24-7-4-17(11-33-24)28(36)37;1-5(2,3)4/h4-11,16,38H,2-3,12-14H2,1H3,(H,36,37);1H3,(H,2,3,4). The summed E-state index contributed by atoms with van der Waals surface area (Å²) in [5.74, 6) is 0.763. The number of nitrogens with zero attached hydrogens (tertiary/aromatic N) is 2. The van der Waals surface area contributed by atoms with Crippen molar-refractivity contribution in [3.8, 4) is 17.0 Å². The number of β-amino-alcohol motifs (C(OH)–C–C–N with tert-alkyl or cyclic N) is 1. The number of carbonyl (C=O) groups is 1. The van der Waals surface area contributed by atoms with Crippen LogP contribution >= 0.6 is 23.2 Å². The van der Waals surface area contributed by atoms with Gasteiger partial charge < -0.3 is 24.0 Å². The zero-order chi connectivity index (χ0) is 32.7. The third-order valence-electron chi connectivity index (χ3n) is 7.37. The Labute approximate surface area is 267 Å². The molecule has 3 N–H and O–H groups in total. The van der Waals surface area contributed by atoms with Gasteiger partial charge >= 0.3 is 5.97 Å². The summed E-state index contributed by atoms with van der Waals surface area (Å²) in [7, 11) is -3.92. The molecule has 2 aliphatic rings. The molecule has 2 aromatic carbocycles. The van der Waals surface area contributed by atoms with Crippen LogP contribution in [-0.2, 0) is 22.3 Å². The van der Waals surface area contributed by atoms with Crippen molar-refractivity contribution >= 4 is 45.1 Å². The molecule has 3 heterocycles. The van der Waals surface area contributed by atoms with Crippen molar-refractivity contribution < 1.29 is 46.6 Å². The van der Waals surface area contributed by atoms with Crippen LogP contribution in [0.25, 0.3) is 11.3 Å². The second-order valence-electron chi connectivity index (χ2n) is 11.0. The van der Waals surface area contributed by atoms with E-state index in [0.29, 0.717) is 45.2 Å². The maximum absolute atomic E-state index is 13.9. The van der Waals surface area contributed by atoms with E-state index >= 15 is 0 Å². The molecule has 15 heteroatoms. The van der Waals surface area contributed by atoms with Crippen molar-refractivity contribution in [3.63, 3.8) is 0 Å². The lowest BCUT2D eigenvalue weighted by Crippen LogP contribution is -2.60. The molecule has 0 atom stereocenters. The molecule has 6 rings (SSSR count). The Morgan fingerprint density at radius 1 is 1.20 bits per heavy atom. The number of aliphatic hydroxyl groups is 1. The summed E-state index contributed by atoms with van der Waals surface area (Å²) in [5, 5.41) is 25.2. The lowest BCUT2D eigenvalue weighted by Gasteiger charge is -2.42. The number of aromatic amines is 1. The summed E-state index contributed by atoms with van der Waals surface area (Å²) < 4.78 is 52.9. The van der Waals surface area contributed by atoms with Crippen LogP contribution in [0.15, 0.2) is 53.2 Å². The number of aryl methyl sites for hydroxylation is 1.